The van der Waals surface area contributed by atoms with Crippen LogP contribution in [0.15, 0.2) is 12.3 Å². The van der Waals surface area contributed by atoms with Crippen LogP contribution in [0.25, 0.3) is 0 Å². The van der Waals surface area contributed by atoms with Crippen molar-refractivity contribution in [2.24, 2.45) is 0 Å². The minimum atomic E-state index is -0.393. The van der Waals surface area contributed by atoms with Crippen molar-refractivity contribution >= 4 is 17.5 Å². The molecule has 1 fully saturated rings. The summed E-state index contributed by atoms with van der Waals surface area (Å²) in [5.74, 6) is 0.284. The number of pyridine rings is 1. The molecule has 0 amide bonds. The maximum atomic E-state index is 11.9. The Bertz CT molecular complexity index is 492. The minimum absolute atomic E-state index is 0.306. The molecule has 1 saturated heterocycles. The molecule has 6 heteroatoms. The van der Waals surface area contributed by atoms with Crippen LogP contribution < -0.4 is 10.6 Å². The van der Waals surface area contributed by atoms with Crippen LogP contribution in [-0.4, -0.2) is 55.2 Å². The number of carbonyl (C=O) groups is 1. The molecule has 2 heterocycles. The summed E-state index contributed by atoms with van der Waals surface area (Å²) in [5.41, 5.74) is 6.92. The molecule has 110 valence electrons. The van der Waals surface area contributed by atoms with Gasteiger partial charge in [-0.3, -0.25) is 0 Å². The van der Waals surface area contributed by atoms with Gasteiger partial charge in [0.05, 0.1) is 17.9 Å². The summed E-state index contributed by atoms with van der Waals surface area (Å²) in [7, 11) is 2.10. The van der Waals surface area contributed by atoms with Gasteiger partial charge in [-0.1, -0.05) is 0 Å². The SMILES string of the molecule is CCOC(=O)c1ccnc(N2CCN(C)CC2C)c1N. The van der Waals surface area contributed by atoms with E-state index in [4.69, 9.17) is 10.5 Å². The number of hydrogen-bond acceptors (Lipinski definition) is 6. The number of piperazine rings is 1. The summed E-state index contributed by atoms with van der Waals surface area (Å²) >= 11 is 0. The van der Waals surface area contributed by atoms with Gasteiger partial charge in [0.15, 0.2) is 5.82 Å². The van der Waals surface area contributed by atoms with Gasteiger partial charge in [-0.2, -0.15) is 0 Å². The molecule has 1 aliphatic rings. The fraction of sp³-hybridized carbons (Fsp3) is 0.571. The van der Waals surface area contributed by atoms with Gasteiger partial charge in [0.2, 0.25) is 0 Å². The van der Waals surface area contributed by atoms with Crippen molar-refractivity contribution in [2.45, 2.75) is 19.9 Å². The van der Waals surface area contributed by atoms with Gasteiger partial charge in [0.25, 0.3) is 0 Å². The molecule has 1 aromatic heterocycles. The van der Waals surface area contributed by atoms with Crippen LogP contribution in [0.4, 0.5) is 11.5 Å². The third-order valence-corrected chi connectivity index (χ3v) is 3.57. The molecule has 1 aromatic rings. The van der Waals surface area contributed by atoms with Gasteiger partial charge in [-0.05, 0) is 27.0 Å². The van der Waals surface area contributed by atoms with Gasteiger partial charge >= 0.3 is 5.97 Å². The van der Waals surface area contributed by atoms with Gasteiger partial charge in [-0.25, -0.2) is 9.78 Å². The number of aromatic nitrogens is 1. The number of hydrogen-bond donors (Lipinski definition) is 1. The Morgan fingerprint density at radius 1 is 1.55 bits per heavy atom. The Balaban J connectivity index is 2.28. The number of rotatable bonds is 3. The number of nitrogens with zero attached hydrogens (tertiary/aromatic N) is 3. The second kappa shape index (κ2) is 6.09. The Labute approximate surface area is 119 Å². The van der Waals surface area contributed by atoms with Crippen molar-refractivity contribution in [1.82, 2.24) is 9.88 Å². The predicted molar refractivity (Wildman–Crippen MR) is 78.9 cm³/mol. The molecule has 1 atom stereocenters. The molecule has 0 aromatic carbocycles. The summed E-state index contributed by atoms with van der Waals surface area (Å²) in [6, 6.07) is 1.92. The van der Waals surface area contributed by atoms with E-state index in [2.05, 4.69) is 28.8 Å². The lowest BCUT2D eigenvalue weighted by Gasteiger charge is -2.39. The quantitative estimate of drug-likeness (QED) is 0.831. The average Bonchev–Trinajstić information content (AvgIpc) is 2.40. The van der Waals surface area contributed by atoms with Crippen LogP contribution in [0.5, 0.6) is 0 Å². The predicted octanol–water partition coefficient (Wildman–Crippen LogP) is 0.981. The number of carbonyl (C=O) groups excluding carboxylic acids is 1. The highest BCUT2D eigenvalue weighted by Crippen LogP contribution is 2.27. The fourth-order valence-electron chi connectivity index (χ4n) is 2.53. The lowest BCUT2D eigenvalue weighted by molar-refractivity contribution is 0.0527. The highest BCUT2D eigenvalue weighted by atomic mass is 16.5. The molecular formula is C14H22N4O2. The van der Waals surface area contributed by atoms with Crippen LogP contribution in [0.3, 0.4) is 0 Å². The Hall–Kier alpha value is -1.82. The van der Waals surface area contributed by atoms with E-state index < -0.39 is 5.97 Å². The minimum Gasteiger partial charge on any atom is -0.462 e. The van der Waals surface area contributed by atoms with Crippen molar-refractivity contribution in [3.8, 4) is 0 Å². The molecule has 1 aliphatic heterocycles. The maximum Gasteiger partial charge on any atom is 0.340 e. The van der Waals surface area contributed by atoms with E-state index in [0.29, 0.717) is 29.7 Å². The van der Waals surface area contributed by atoms with E-state index in [1.54, 1.807) is 19.2 Å². The van der Waals surface area contributed by atoms with E-state index in [1.807, 2.05) is 0 Å². The van der Waals surface area contributed by atoms with Crippen molar-refractivity contribution < 1.29 is 9.53 Å². The largest absolute Gasteiger partial charge is 0.462 e. The Morgan fingerprint density at radius 3 is 2.95 bits per heavy atom. The molecule has 0 radical (unpaired) electrons. The molecular weight excluding hydrogens is 256 g/mol. The van der Waals surface area contributed by atoms with Crippen LogP contribution in [0, 0.1) is 0 Å². The van der Waals surface area contributed by atoms with Crippen LogP contribution in [0.2, 0.25) is 0 Å². The van der Waals surface area contributed by atoms with Gasteiger partial charge in [0.1, 0.15) is 0 Å². The molecule has 0 saturated carbocycles. The molecule has 0 aliphatic carbocycles. The van der Waals surface area contributed by atoms with E-state index in [0.717, 1.165) is 19.6 Å². The van der Waals surface area contributed by atoms with E-state index >= 15 is 0 Å². The van der Waals surface area contributed by atoms with E-state index in [1.165, 1.54) is 0 Å². The molecule has 1 unspecified atom stereocenters. The van der Waals surface area contributed by atoms with Crippen LogP contribution >= 0.6 is 0 Å². The summed E-state index contributed by atoms with van der Waals surface area (Å²) in [6.45, 7) is 6.99. The first-order valence-electron chi connectivity index (χ1n) is 6.91. The molecule has 6 nitrogen and oxygen atoms in total. The van der Waals surface area contributed by atoms with Gasteiger partial charge in [-0.15, -0.1) is 0 Å². The number of esters is 1. The summed E-state index contributed by atoms with van der Waals surface area (Å²) in [4.78, 5) is 20.7. The van der Waals surface area contributed by atoms with Gasteiger partial charge in [0, 0.05) is 31.9 Å². The third-order valence-electron chi connectivity index (χ3n) is 3.57. The number of anilines is 2. The number of ether oxygens (including phenoxy) is 1. The smallest absolute Gasteiger partial charge is 0.340 e. The fourth-order valence-corrected chi connectivity index (χ4v) is 2.53. The lowest BCUT2D eigenvalue weighted by atomic mass is 10.1. The first-order valence-corrected chi connectivity index (χ1v) is 6.91. The lowest BCUT2D eigenvalue weighted by Crippen LogP contribution is -2.51. The van der Waals surface area contributed by atoms with E-state index in [9.17, 15) is 4.79 Å². The first-order chi connectivity index (χ1) is 9.54. The van der Waals surface area contributed by atoms with Crippen molar-refractivity contribution in [2.75, 3.05) is 43.9 Å². The zero-order valence-electron chi connectivity index (χ0n) is 12.3. The second-order valence-electron chi connectivity index (χ2n) is 5.12. The monoisotopic (exact) mass is 278 g/mol. The summed E-state index contributed by atoms with van der Waals surface area (Å²) < 4.78 is 5.02. The molecule has 0 bridgehead atoms. The standard InChI is InChI=1S/C14H22N4O2/c1-4-20-14(19)11-5-6-16-13(12(11)15)18-8-7-17(3)9-10(18)2/h5-6,10H,4,7-9,15H2,1-3H3. The average molecular weight is 278 g/mol. The number of likely N-dealkylation sites (N-methyl/N-ethyl adjacent to an activating group) is 1. The van der Waals surface area contributed by atoms with Gasteiger partial charge < -0.3 is 20.3 Å². The van der Waals surface area contributed by atoms with Crippen LogP contribution in [0.1, 0.15) is 24.2 Å². The Morgan fingerprint density at radius 2 is 2.30 bits per heavy atom. The van der Waals surface area contributed by atoms with Crippen molar-refractivity contribution in [3.05, 3.63) is 17.8 Å². The topological polar surface area (TPSA) is 71.7 Å². The first kappa shape index (κ1) is 14.6. The third kappa shape index (κ3) is 2.85. The van der Waals surface area contributed by atoms with Crippen molar-refractivity contribution in [1.29, 1.82) is 0 Å². The Kier molecular flexibility index (Phi) is 4.44. The van der Waals surface area contributed by atoms with E-state index in [-0.39, 0.29) is 0 Å². The highest BCUT2D eigenvalue weighted by molar-refractivity contribution is 5.97. The zero-order chi connectivity index (χ0) is 14.7. The zero-order valence-corrected chi connectivity index (χ0v) is 12.3. The molecule has 0 spiro atoms. The normalized spacial score (nSPS) is 19.9. The number of nitrogens with two attached hydrogens (primary N) is 1. The molecule has 2 rings (SSSR count). The second-order valence-corrected chi connectivity index (χ2v) is 5.12. The molecule has 20 heavy (non-hydrogen) atoms. The summed E-state index contributed by atoms with van der Waals surface area (Å²) in [5, 5.41) is 0. The number of nitrogen functional groups attached to an aromatic ring is 1. The summed E-state index contributed by atoms with van der Waals surface area (Å²) in [6.07, 6.45) is 1.61. The maximum absolute atomic E-state index is 11.9. The van der Waals surface area contributed by atoms with Crippen LogP contribution in [-0.2, 0) is 4.74 Å². The highest BCUT2D eigenvalue weighted by Gasteiger charge is 2.26. The molecule has 2 N–H and O–H groups in total. The van der Waals surface area contributed by atoms with Crippen molar-refractivity contribution in [3.63, 3.8) is 0 Å².